The number of hydrogen-bond donors (Lipinski definition) is 1. The van der Waals surface area contributed by atoms with Gasteiger partial charge in [-0.25, -0.2) is 0 Å². The van der Waals surface area contributed by atoms with Crippen LogP contribution in [0.1, 0.15) is 11.1 Å². The molecule has 0 saturated carbocycles. The van der Waals surface area contributed by atoms with Crippen molar-refractivity contribution in [2.75, 3.05) is 0 Å². The van der Waals surface area contributed by atoms with Gasteiger partial charge in [0.25, 0.3) is 0 Å². The van der Waals surface area contributed by atoms with Crippen molar-refractivity contribution in [2.45, 2.75) is 6.42 Å². The third kappa shape index (κ3) is 2.98. The zero-order chi connectivity index (χ0) is 18.1. The van der Waals surface area contributed by atoms with Crippen molar-refractivity contribution in [1.29, 1.82) is 0 Å². The van der Waals surface area contributed by atoms with Gasteiger partial charge in [0, 0.05) is 22.6 Å². The Kier molecular flexibility index (Phi) is 4.23. The Morgan fingerprint density at radius 1 is 0.923 bits per heavy atom. The van der Waals surface area contributed by atoms with Crippen LogP contribution in [-0.2, 0) is 6.42 Å². The van der Waals surface area contributed by atoms with Crippen LogP contribution in [0.15, 0.2) is 82.0 Å². The van der Waals surface area contributed by atoms with Crippen molar-refractivity contribution in [1.82, 2.24) is 0 Å². The number of fused-ring (bicyclic) bond motifs is 1. The van der Waals surface area contributed by atoms with Gasteiger partial charge in [0.15, 0.2) is 5.76 Å². The lowest BCUT2D eigenvalue weighted by Gasteiger charge is -2.10. The van der Waals surface area contributed by atoms with E-state index in [2.05, 4.69) is 0 Å². The van der Waals surface area contributed by atoms with Crippen LogP contribution in [-0.4, -0.2) is 5.11 Å². The van der Waals surface area contributed by atoms with Gasteiger partial charge >= 0.3 is 0 Å². The molecule has 0 saturated heterocycles. The molecule has 1 heterocycles. The highest BCUT2D eigenvalue weighted by Crippen LogP contribution is 2.33. The van der Waals surface area contributed by atoms with Crippen molar-refractivity contribution >= 4 is 22.6 Å². The second-order valence-corrected chi connectivity index (χ2v) is 6.52. The smallest absolute Gasteiger partial charge is 0.235 e. The zero-order valence-corrected chi connectivity index (χ0v) is 14.5. The molecule has 0 spiro atoms. The van der Waals surface area contributed by atoms with Crippen molar-refractivity contribution in [3.05, 3.63) is 99.2 Å². The first-order valence-corrected chi connectivity index (χ1v) is 8.59. The molecule has 128 valence electrons. The molecule has 4 heteroatoms. The summed E-state index contributed by atoms with van der Waals surface area (Å²) in [7, 11) is 0. The molecule has 0 amide bonds. The molecule has 4 aromatic rings. The zero-order valence-electron chi connectivity index (χ0n) is 13.8. The number of hydrogen-bond acceptors (Lipinski definition) is 3. The molecule has 0 aliphatic rings. The van der Waals surface area contributed by atoms with Crippen LogP contribution in [0.3, 0.4) is 0 Å². The largest absolute Gasteiger partial charge is 0.502 e. The molecule has 0 aliphatic heterocycles. The molecule has 1 N–H and O–H groups in total. The Hall–Kier alpha value is -3.04. The number of rotatable bonds is 3. The average molecular weight is 363 g/mol. The van der Waals surface area contributed by atoms with E-state index in [1.165, 1.54) is 6.07 Å². The monoisotopic (exact) mass is 362 g/mol. The topological polar surface area (TPSA) is 50.4 Å². The van der Waals surface area contributed by atoms with E-state index in [-0.39, 0.29) is 11.1 Å². The third-order valence-corrected chi connectivity index (χ3v) is 4.50. The van der Waals surface area contributed by atoms with E-state index in [9.17, 15) is 9.90 Å². The SMILES string of the molecule is O=c1c(O)c(-c2ccccc2)oc2c(Cc3ccccc3)cc(Cl)cc12. The summed E-state index contributed by atoms with van der Waals surface area (Å²) in [6.07, 6.45) is 0.569. The first-order valence-electron chi connectivity index (χ1n) is 8.21. The van der Waals surface area contributed by atoms with Crippen LogP contribution in [0.25, 0.3) is 22.3 Å². The molecule has 26 heavy (non-hydrogen) atoms. The van der Waals surface area contributed by atoms with Crippen LogP contribution >= 0.6 is 11.6 Å². The van der Waals surface area contributed by atoms with E-state index >= 15 is 0 Å². The number of aromatic hydroxyl groups is 1. The Balaban J connectivity index is 1.98. The van der Waals surface area contributed by atoms with Gasteiger partial charge in [-0.15, -0.1) is 0 Å². The highest BCUT2D eigenvalue weighted by atomic mass is 35.5. The predicted molar refractivity (Wildman–Crippen MR) is 104 cm³/mol. The van der Waals surface area contributed by atoms with E-state index in [4.69, 9.17) is 16.0 Å². The molecule has 0 atom stereocenters. The molecule has 0 aliphatic carbocycles. The van der Waals surface area contributed by atoms with Gasteiger partial charge in [-0.1, -0.05) is 72.3 Å². The summed E-state index contributed by atoms with van der Waals surface area (Å²) in [5.41, 5.74) is 2.48. The fourth-order valence-electron chi connectivity index (χ4n) is 3.05. The maximum absolute atomic E-state index is 12.7. The van der Waals surface area contributed by atoms with Gasteiger partial charge in [0.05, 0.1) is 5.39 Å². The second kappa shape index (κ2) is 6.70. The van der Waals surface area contributed by atoms with E-state index < -0.39 is 11.2 Å². The lowest BCUT2D eigenvalue weighted by molar-refractivity contribution is 0.449. The standard InChI is InChI=1S/C22H15ClO3/c23-17-12-16(11-14-7-3-1-4-8-14)21-18(13-17)19(24)20(25)22(26-21)15-9-5-2-6-10-15/h1-10,12-13,25H,11H2. The summed E-state index contributed by atoms with van der Waals surface area (Å²) in [4.78, 5) is 12.7. The third-order valence-electron chi connectivity index (χ3n) is 4.28. The van der Waals surface area contributed by atoms with Crippen molar-refractivity contribution in [3.8, 4) is 17.1 Å². The maximum atomic E-state index is 12.7. The highest BCUT2D eigenvalue weighted by molar-refractivity contribution is 6.31. The molecule has 4 rings (SSSR count). The Morgan fingerprint density at radius 3 is 2.27 bits per heavy atom. The van der Waals surface area contributed by atoms with Crippen molar-refractivity contribution in [3.63, 3.8) is 0 Å². The summed E-state index contributed by atoms with van der Waals surface area (Å²) in [6, 6.07) is 22.3. The van der Waals surface area contributed by atoms with Gasteiger partial charge < -0.3 is 9.52 Å². The van der Waals surface area contributed by atoms with Crippen LogP contribution in [0.4, 0.5) is 0 Å². The number of halogens is 1. The Bertz CT molecular complexity index is 1130. The predicted octanol–water partition coefficient (Wildman–Crippen LogP) is 5.41. The molecule has 0 radical (unpaired) electrons. The van der Waals surface area contributed by atoms with E-state index in [0.29, 0.717) is 22.6 Å². The first kappa shape index (κ1) is 16.4. The minimum Gasteiger partial charge on any atom is -0.502 e. The molecular weight excluding hydrogens is 348 g/mol. The average Bonchev–Trinajstić information content (AvgIpc) is 2.66. The molecule has 3 nitrogen and oxygen atoms in total. The quantitative estimate of drug-likeness (QED) is 0.530. The van der Waals surface area contributed by atoms with Crippen LogP contribution in [0.5, 0.6) is 5.75 Å². The summed E-state index contributed by atoms with van der Waals surface area (Å²) >= 11 is 6.21. The number of benzene rings is 3. The van der Waals surface area contributed by atoms with E-state index in [1.807, 2.05) is 48.5 Å². The second-order valence-electron chi connectivity index (χ2n) is 6.08. The molecule has 0 bridgehead atoms. The summed E-state index contributed by atoms with van der Waals surface area (Å²) in [6.45, 7) is 0. The first-order chi connectivity index (χ1) is 12.6. The molecule has 1 aromatic heterocycles. The fraction of sp³-hybridized carbons (Fsp3) is 0.0455. The molecule has 0 fully saturated rings. The highest BCUT2D eigenvalue weighted by Gasteiger charge is 2.18. The lowest BCUT2D eigenvalue weighted by Crippen LogP contribution is -2.04. The van der Waals surface area contributed by atoms with Gasteiger partial charge in [0.2, 0.25) is 11.2 Å². The lowest BCUT2D eigenvalue weighted by atomic mass is 10.0. The Labute approximate surface area is 155 Å². The van der Waals surface area contributed by atoms with Crippen molar-refractivity contribution < 1.29 is 9.52 Å². The van der Waals surface area contributed by atoms with E-state index in [1.54, 1.807) is 18.2 Å². The van der Waals surface area contributed by atoms with Gasteiger partial charge in [0.1, 0.15) is 5.58 Å². The van der Waals surface area contributed by atoms with Crippen molar-refractivity contribution in [2.24, 2.45) is 0 Å². The fourth-order valence-corrected chi connectivity index (χ4v) is 3.29. The normalized spacial score (nSPS) is 11.0. The van der Waals surface area contributed by atoms with Crippen LogP contribution in [0, 0.1) is 0 Å². The minimum absolute atomic E-state index is 0.166. The van der Waals surface area contributed by atoms with Crippen LogP contribution < -0.4 is 5.43 Å². The van der Waals surface area contributed by atoms with Gasteiger partial charge in [-0.05, 0) is 17.7 Å². The summed E-state index contributed by atoms with van der Waals surface area (Å²) in [5, 5.41) is 11.1. The summed E-state index contributed by atoms with van der Waals surface area (Å²) in [5.74, 6) is -0.239. The van der Waals surface area contributed by atoms with Gasteiger partial charge in [-0.2, -0.15) is 0 Å². The molecule has 0 unspecified atom stereocenters. The maximum Gasteiger partial charge on any atom is 0.235 e. The Morgan fingerprint density at radius 2 is 1.58 bits per heavy atom. The minimum atomic E-state index is -0.484. The van der Waals surface area contributed by atoms with Crippen LogP contribution in [0.2, 0.25) is 5.02 Å². The molecular formula is C22H15ClO3. The van der Waals surface area contributed by atoms with E-state index in [0.717, 1.165) is 11.1 Å². The van der Waals surface area contributed by atoms with Gasteiger partial charge in [-0.3, -0.25) is 4.79 Å². The summed E-state index contributed by atoms with van der Waals surface area (Å²) < 4.78 is 6.01. The molecule has 3 aromatic carbocycles.